The summed E-state index contributed by atoms with van der Waals surface area (Å²) in [5, 5.41) is 0. The van der Waals surface area contributed by atoms with Gasteiger partial charge in [-0.3, -0.25) is 4.79 Å². The molecule has 124 valence electrons. The molecule has 1 fully saturated rings. The summed E-state index contributed by atoms with van der Waals surface area (Å²) < 4.78 is 28.3. The highest BCUT2D eigenvalue weighted by atomic mass is 32.2. The van der Waals surface area contributed by atoms with Crippen molar-refractivity contribution in [3.05, 3.63) is 23.3 Å². The lowest BCUT2D eigenvalue weighted by Gasteiger charge is -2.26. The largest absolute Gasteiger partial charge is 0.311 e. The van der Waals surface area contributed by atoms with Gasteiger partial charge in [0.25, 0.3) is 0 Å². The van der Waals surface area contributed by atoms with E-state index in [0.717, 1.165) is 61.9 Å². The van der Waals surface area contributed by atoms with Crippen molar-refractivity contribution < 1.29 is 13.2 Å². The van der Waals surface area contributed by atoms with E-state index < -0.39 is 10.0 Å². The van der Waals surface area contributed by atoms with E-state index in [0.29, 0.717) is 4.90 Å². The van der Waals surface area contributed by atoms with Crippen LogP contribution in [0.4, 0.5) is 5.69 Å². The zero-order valence-corrected chi connectivity index (χ0v) is 14.2. The van der Waals surface area contributed by atoms with Crippen LogP contribution in [-0.2, 0) is 21.2 Å². The van der Waals surface area contributed by atoms with Crippen molar-refractivity contribution in [1.82, 2.24) is 4.72 Å². The van der Waals surface area contributed by atoms with Crippen LogP contribution in [-0.4, -0.2) is 26.9 Å². The molecule has 1 amide bonds. The Hall–Kier alpha value is -1.40. The zero-order chi connectivity index (χ0) is 16.2. The fourth-order valence-electron chi connectivity index (χ4n) is 4.15. The first-order valence-corrected chi connectivity index (χ1v) is 9.96. The highest BCUT2D eigenvalue weighted by Gasteiger charge is 2.39. The molecule has 4 rings (SSSR count). The highest BCUT2D eigenvalue weighted by molar-refractivity contribution is 7.89. The van der Waals surface area contributed by atoms with E-state index in [-0.39, 0.29) is 17.9 Å². The van der Waals surface area contributed by atoms with Crippen LogP contribution in [0, 0.1) is 0 Å². The van der Waals surface area contributed by atoms with E-state index >= 15 is 0 Å². The Bertz CT molecular complexity index is 766. The van der Waals surface area contributed by atoms with E-state index in [1.165, 1.54) is 0 Å². The maximum absolute atomic E-state index is 12.7. The van der Waals surface area contributed by atoms with Crippen molar-refractivity contribution in [3.8, 4) is 0 Å². The predicted molar refractivity (Wildman–Crippen MR) is 88.1 cm³/mol. The number of rotatable bonds is 3. The van der Waals surface area contributed by atoms with Crippen LogP contribution in [0.25, 0.3) is 0 Å². The molecule has 0 radical (unpaired) electrons. The summed E-state index contributed by atoms with van der Waals surface area (Å²) in [7, 11) is -3.51. The molecule has 3 aliphatic rings. The average Bonchev–Trinajstić information content (AvgIpc) is 3.11. The standard InChI is InChI=1S/C17H22N2O3S/c1-11-15-10-14(23(21,22)18-13-6-2-3-7-13)9-12-5-4-8-19(16(12)15)17(11)20/h9-11,13,18H,2-8H2,1H3/t11-/m1/s1. The lowest BCUT2D eigenvalue weighted by molar-refractivity contribution is -0.119. The smallest absolute Gasteiger partial charge is 0.240 e. The summed E-state index contributed by atoms with van der Waals surface area (Å²) in [6.45, 7) is 2.62. The lowest BCUT2D eigenvalue weighted by Crippen LogP contribution is -2.33. The minimum atomic E-state index is -3.51. The Labute approximate surface area is 137 Å². The molecule has 23 heavy (non-hydrogen) atoms. The first kappa shape index (κ1) is 15.1. The fraction of sp³-hybridized carbons (Fsp3) is 0.588. The van der Waals surface area contributed by atoms with Crippen molar-refractivity contribution in [1.29, 1.82) is 0 Å². The second-order valence-electron chi connectivity index (χ2n) is 6.94. The summed E-state index contributed by atoms with van der Waals surface area (Å²) in [6, 6.07) is 3.54. The van der Waals surface area contributed by atoms with Gasteiger partial charge in [-0.05, 0) is 55.9 Å². The molecule has 1 saturated carbocycles. The maximum atomic E-state index is 12.7. The minimum absolute atomic E-state index is 0.0557. The van der Waals surface area contributed by atoms with Gasteiger partial charge in [-0.25, -0.2) is 13.1 Å². The molecule has 6 heteroatoms. The quantitative estimate of drug-likeness (QED) is 0.922. The Kier molecular flexibility index (Phi) is 3.50. The van der Waals surface area contributed by atoms with Gasteiger partial charge in [0.1, 0.15) is 0 Å². The van der Waals surface area contributed by atoms with Gasteiger partial charge in [0, 0.05) is 12.6 Å². The number of aryl methyl sites for hydroxylation is 1. The summed E-state index contributed by atoms with van der Waals surface area (Å²) in [4.78, 5) is 14.5. The predicted octanol–water partition coefficient (Wildman–Crippen LogP) is 2.30. The third-order valence-electron chi connectivity index (χ3n) is 5.38. The number of carbonyl (C=O) groups excluding carboxylic acids is 1. The molecule has 0 unspecified atom stereocenters. The topological polar surface area (TPSA) is 66.5 Å². The highest BCUT2D eigenvalue weighted by Crippen LogP contribution is 2.43. The monoisotopic (exact) mass is 334 g/mol. The molecule has 2 aliphatic heterocycles. The number of sulfonamides is 1. The van der Waals surface area contributed by atoms with Crippen molar-refractivity contribution in [3.63, 3.8) is 0 Å². The number of nitrogens with one attached hydrogen (secondary N) is 1. The second-order valence-corrected chi connectivity index (χ2v) is 8.65. The van der Waals surface area contributed by atoms with Crippen LogP contribution in [0.5, 0.6) is 0 Å². The molecule has 1 aromatic carbocycles. The maximum Gasteiger partial charge on any atom is 0.240 e. The Morgan fingerprint density at radius 2 is 1.91 bits per heavy atom. The summed E-state index contributed by atoms with van der Waals surface area (Å²) in [5.74, 6) is -0.150. The zero-order valence-electron chi connectivity index (χ0n) is 13.3. The van der Waals surface area contributed by atoms with Gasteiger partial charge in [0.15, 0.2) is 0 Å². The van der Waals surface area contributed by atoms with Gasteiger partial charge < -0.3 is 4.90 Å². The molecule has 1 atom stereocenters. The first-order chi connectivity index (χ1) is 11.0. The van der Waals surface area contributed by atoms with Crippen molar-refractivity contribution in [2.45, 2.75) is 62.3 Å². The van der Waals surface area contributed by atoms with Crippen molar-refractivity contribution >= 4 is 21.6 Å². The fourth-order valence-corrected chi connectivity index (χ4v) is 5.54. The molecule has 0 spiro atoms. The molecule has 0 aromatic heterocycles. The van der Waals surface area contributed by atoms with Gasteiger partial charge >= 0.3 is 0 Å². The number of amides is 1. The lowest BCUT2D eigenvalue weighted by atomic mass is 9.97. The first-order valence-electron chi connectivity index (χ1n) is 8.48. The number of hydrogen-bond donors (Lipinski definition) is 1. The number of hydrogen-bond acceptors (Lipinski definition) is 3. The van der Waals surface area contributed by atoms with Crippen LogP contribution >= 0.6 is 0 Å². The minimum Gasteiger partial charge on any atom is -0.311 e. The Balaban J connectivity index is 1.75. The Morgan fingerprint density at radius 1 is 1.17 bits per heavy atom. The summed E-state index contributed by atoms with van der Waals surface area (Å²) in [5.41, 5.74) is 2.84. The number of anilines is 1. The molecule has 5 nitrogen and oxygen atoms in total. The van der Waals surface area contributed by atoms with Crippen LogP contribution < -0.4 is 9.62 Å². The molecular formula is C17H22N2O3S. The average molecular weight is 334 g/mol. The van der Waals surface area contributed by atoms with E-state index in [9.17, 15) is 13.2 Å². The van der Waals surface area contributed by atoms with Crippen LogP contribution in [0.1, 0.15) is 56.1 Å². The van der Waals surface area contributed by atoms with E-state index in [1.807, 2.05) is 11.8 Å². The number of carbonyl (C=O) groups is 1. The van der Waals surface area contributed by atoms with E-state index in [2.05, 4.69) is 4.72 Å². The SMILES string of the molecule is C[C@H]1C(=O)N2CCCc3cc(S(=O)(=O)NC4CCCC4)cc1c32. The van der Waals surface area contributed by atoms with Crippen LogP contribution in [0.15, 0.2) is 17.0 Å². The van der Waals surface area contributed by atoms with E-state index in [1.54, 1.807) is 12.1 Å². The molecular weight excluding hydrogens is 312 g/mol. The molecule has 2 heterocycles. The van der Waals surface area contributed by atoms with Crippen LogP contribution in [0.3, 0.4) is 0 Å². The molecule has 1 aromatic rings. The van der Waals surface area contributed by atoms with Gasteiger partial charge in [0.05, 0.1) is 16.5 Å². The number of benzene rings is 1. The van der Waals surface area contributed by atoms with Crippen molar-refractivity contribution in [2.75, 3.05) is 11.4 Å². The molecule has 1 N–H and O–H groups in total. The molecule has 1 aliphatic carbocycles. The van der Waals surface area contributed by atoms with Gasteiger partial charge in [-0.2, -0.15) is 0 Å². The third-order valence-corrected chi connectivity index (χ3v) is 6.88. The second kappa shape index (κ2) is 5.31. The third kappa shape index (κ3) is 2.39. The van der Waals surface area contributed by atoms with Crippen LogP contribution in [0.2, 0.25) is 0 Å². The van der Waals surface area contributed by atoms with Gasteiger partial charge in [-0.1, -0.05) is 12.8 Å². The van der Waals surface area contributed by atoms with Gasteiger partial charge in [0.2, 0.25) is 15.9 Å². The molecule has 0 bridgehead atoms. The number of nitrogens with zero attached hydrogens (tertiary/aromatic N) is 1. The summed E-state index contributed by atoms with van der Waals surface area (Å²) in [6.07, 6.45) is 5.74. The molecule has 0 saturated heterocycles. The normalized spacial score (nSPS) is 24.3. The van der Waals surface area contributed by atoms with Crippen molar-refractivity contribution in [2.24, 2.45) is 0 Å². The summed E-state index contributed by atoms with van der Waals surface area (Å²) >= 11 is 0. The van der Waals surface area contributed by atoms with Gasteiger partial charge in [-0.15, -0.1) is 0 Å². The van der Waals surface area contributed by atoms with E-state index in [4.69, 9.17) is 0 Å². The Morgan fingerprint density at radius 3 is 2.65 bits per heavy atom.